The van der Waals surface area contributed by atoms with Crippen LogP contribution in [0.3, 0.4) is 0 Å². The maximum absolute atomic E-state index is 5.86. The summed E-state index contributed by atoms with van der Waals surface area (Å²) >= 11 is 5.86. The Labute approximate surface area is 205 Å². The van der Waals surface area contributed by atoms with Crippen LogP contribution in [0.1, 0.15) is 42.9 Å². The second-order valence-corrected chi connectivity index (χ2v) is 8.97. The van der Waals surface area contributed by atoms with Crippen molar-refractivity contribution in [2.24, 2.45) is 0 Å². The molecular formula is C27H27N5OS. The second-order valence-electron chi connectivity index (χ2n) is 8.58. The number of nitrogens with one attached hydrogen (secondary N) is 1. The zero-order valence-corrected chi connectivity index (χ0v) is 20.0. The molecule has 1 N–H and O–H groups in total. The Morgan fingerprint density at radius 1 is 1.00 bits per heavy atom. The molecule has 2 unspecified atom stereocenters. The van der Waals surface area contributed by atoms with E-state index in [1.807, 2.05) is 62.6 Å². The molecule has 34 heavy (non-hydrogen) atoms. The van der Waals surface area contributed by atoms with Gasteiger partial charge in [0.25, 0.3) is 0 Å². The van der Waals surface area contributed by atoms with E-state index in [2.05, 4.69) is 61.3 Å². The lowest BCUT2D eigenvalue weighted by atomic mass is 10.0. The third-order valence-corrected chi connectivity index (χ3v) is 6.14. The van der Waals surface area contributed by atoms with Crippen LogP contribution in [0.25, 0.3) is 0 Å². The molecule has 0 saturated carbocycles. The normalized spacial score (nSPS) is 17.7. The van der Waals surface area contributed by atoms with Crippen LogP contribution in [0.5, 0.6) is 5.75 Å². The van der Waals surface area contributed by atoms with Crippen LogP contribution in [0, 0.1) is 0 Å². The van der Waals surface area contributed by atoms with E-state index in [4.69, 9.17) is 17.0 Å². The van der Waals surface area contributed by atoms with Crippen LogP contribution in [-0.2, 0) is 6.54 Å². The minimum absolute atomic E-state index is 0.0778. The lowest BCUT2D eigenvalue weighted by Crippen LogP contribution is -2.30. The Kier molecular flexibility index (Phi) is 6.27. The Balaban J connectivity index is 1.55. The second kappa shape index (κ2) is 9.65. The molecular weight excluding hydrogens is 442 g/mol. The smallest absolute Gasteiger partial charge is 0.174 e. The van der Waals surface area contributed by atoms with E-state index in [-0.39, 0.29) is 18.2 Å². The van der Waals surface area contributed by atoms with Gasteiger partial charge in [0.1, 0.15) is 11.8 Å². The molecule has 0 spiro atoms. The topological polar surface area (TPSA) is 55.2 Å². The monoisotopic (exact) mass is 469 g/mol. The third kappa shape index (κ3) is 4.52. The Bertz CT molecular complexity index is 1240. The zero-order chi connectivity index (χ0) is 23.5. The van der Waals surface area contributed by atoms with E-state index in [0.29, 0.717) is 5.11 Å². The van der Waals surface area contributed by atoms with Crippen LogP contribution in [0.15, 0.2) is 91.5 Å². The van der Waals surface area contributed by atoms with Crippen molar-refractivity contribution in [2.45, 2.75) is 38.6 Å². The zero-order valence-electron chi connectivity index (χ0n) is 19.2. The molecule has 7 heteroatoms. The van der Waals surface area contributed by atoms with Crippen LogP contribution < -0.4 is 15.0 Å². The molecule has 0 amide bonds. The lowest BCUT2D eigenvalue weighted by Gasteiger charge is -2.29. The summed E-state index contributed by atoms with van der Waals surface area (Å²) in [6.45, 7) is 4.78. The molecule has 0 bridgehead atoms. The molecule has 3 aromatic heterocycles. The number of ether oxygens (including phenoxy) is 1. The standard InChI is InChI=1S/C27H27N5OS/c1-19(2)33-22-12-10-21(11-13-22)32-26(25(30-27(32)34)23-8-3-4-15-29-23)24-9-6-16-31(24)18-20-7-5-14-28-17-20/h3-17,19,25-26H,18H2,1-2H3,(H,30,34). The van der Waals surface area contributed by atoms with E-state index < -0.39 is 0 Å². The van der Waals surface area contributed by atoms with Gasteiger partial charge >= 0.3 is 0 Å². The molecule has 1 saturated heterocycles. The molecule has 0 radical (unpaired) electrons. The number of pyridine rings is 2. The van der Waals surface area contributed by atoms with Gasteiger partial charge in [0, 0.05) is 42.7 Å². The van der Waals surface area contributed by atoms with Crippen LogP contribution in [0.4, 0.5) is 5.69 Å². The highest BCUT2D eigenvalue weighted by molar-refractivity contribution is 7.80. The van der Waals surface area contributed by atoms with E-state index in [9.17, 15) is 0 Å². The number of benzene rings is 1. The van der Waals surface area contributed by atoms with Gasteiger partial charge in [-0.3, -0.25) is 9.97 Å². The number of hydrogen-bond acceptors (Lipinski definition) is 4. The first-order chi connectivity index (χ1) is 16.6. The predicted octanol–water partition coefficient (Wildman–Crippen LogP) is 5.29. The van der Waals surface area contributed by atoms with E-state index in [1.165, 1.54) is 0 Å². The van der Waals surface area contributed by atoms with Crippen molar-refractivity contribution in [3.63, 3.8) is 0 Å². The molecule has 1 aliphatic heterocycles. The Morgan fingerprint density at radius 3 is 2.56 bits per heavy atom. The molecule has 2 atom stereocenters. The van der Waals surface area contributed by atoms with Crippen molar-refractivity contribution in [1.82, 2.24) is 19.9 Å². The highest BCUT2D eigenvalue weighted by Gasteiger charge is 2.42. The fourth-order valence-corrected chi connectivity index (χ4v) is 4.76. The van der Waals surface area contributed by atoms with Crippen LogP contribution in [0.2, 0.25) is 0 Å². The minimum atomic E-state index is -0.0946. The van der Waals surface area contributed by atoms with Crippen molar-refractivity contribution >= 4 is 23.0 Å². The van der Waals surface area contributed by atoms with Crippen LogP contribution >= 0.6 is 12.2 Å². The van der Waals surface area contributed by atoms with Crippen molar-refractivity contribution in [3.8, 4) is 5.75 Å². The average molecular weight is 470 g/mol. The van der Waals surface area contributed by atoms with Crippen molar-refractivity contribution < 1.29 is 4.74 Å². The van der Waals surface area contributed by atoms with Crippen molar-refractivity contribution in [2.75, 3.05) is 4.90 Å². The first kappa shape index (κ1) is 22.1. The number of anilines is 1. The third-order valence-electron chi connectivity index (χ3n) is 5.83. The Hall–Kier alpha value is -3.71. The fourth-order valence-electron chi connectivity index (χ4n) is 4.42. The predicted molar refractivity (Wildman–Crippen MR) is 138 cm³/mol. The lowest BCUT2D eigenvalue weighted by molar-refractivity contribution is 0.242. The summed E-state index contributed by atoms with van der Waals surface area (Å²) in [4.78, 5) is 11.1. The molecule has 6 nitrogen and oxygen atoms in total. The number of hydrogen-bond donors (Lipinski definition) is 1. The molecule has 172 valence electrons. The van der Waals surface area contributed by atoms with Gasteiger partial charge in [-0.2, -0.15) is 0 Å². The summed E-state index contributed by atoms with van der Waals surface area (Å²) in [6, 6.07) is 22.2. The van der Waals surface area contributed by atoms with Gasteiger partial charge in [-0.05, 0) is 86.2 Å². The van der Waals surface area contributed by atoms with Gasteiger partial charge in [-0.25, -0.2) is 0 Å². The van der Waals surface area contributed by atoms with Crippen molar-refractivity contribution in [1.29, 1.82) is 0 Å². The minimum Gasteiger partial charge on any atom is -0.491 e. The first-order valence-electron chi connectivity index (χ1n) is 11.4. The van der Waals surface area contributed by atoms with Gasteiger partial charge in [0.15, 0.2) is 5.11 Å². The van der Waals surface area contributed by atoms with Gasteiger partial charge in [0.05, 0.1) is 17.8 Å². The largest absolute Gasteiger partial charge is 0.491 e. The Morgan fingerprint density at radius 2 is 1.85 bits per heavy atom. The first-order valence-corrected chi connectivity index (χ1v) is 11.8. The molecule has 0 aliphatic carbocycles. The SMILES string of the molecule is CC(C)Oc1ccc(N2C(=S)NC(c3ccccn3)C2c2cccn2Cc2cccnc2)cc1. The van der Waals surface area contributed by atoms with E-state index >= 15 is 0 Å². The number of thiocarbonyl (C=S) groups is 1. The highest BCUT2D eigenvalue weighted by Crippen LogP contribution is 2.42. The van der Waals surface area contributed by atoms with Crippen LogP contribution in [-0.4, -0.2) is 25.8 Å². The molecule has 1 aromatic carbocycles. The summed E-state index contributed by atoms with van der Waals surface area (Å²) in [5, 5.41) is 4.21. The molecule has 4 aromatic rings. The summed E-state index contributed by atoms with van der Waals surface area (Å²) in [5.41, 5.74) is 4.25. The van der Waals surface area contributed by atoms with Gasteiger partial charge < -0.3 is 19.5 Å². The fraction of sp³-hybridized carbons (Fsp3) is 0.222. The summed E-state index contributed by atoms with van der Waals surface area (Å²) in [7, 11) is 0. The van der Waals surface area contributed by atoms with E-state index in [0.717, 1.165) is 34.9 Å². The number of nitrogens with zero attached hydrogens (tertiary/aromatic N) is 4. The van der Waals surface area contributed by atoms with Gasteiger partial charge in [-0.15, -0.1) is 0 Å². The highest BCUT2D eigenvalue weighted by atomic mass is 32.1. The number of aromatic nitrogens is 3. The summed E-state index contributed by atoms with van der Waals surface area (Å²) in [6.07, 6.45) is 7.76. The van der Waals surface area contributed by atoms with Gasteiger partial charge in [-0.1, -0.05) is 12.1 Å². The molecule has 5 rings (SSSR count). The maximum atomic E-state index is 5.86. The molecule has 1 fully saturated rings. The summed E-state index contributed by atoms with van der Waals surface area (Å²) < 4.78 is 8.11. The molecule has 4 heterocycles. The quantitative estimate of drug-likeness (QED) is 0.371. The van der Waals surface area contributed by atoms with Gasteiger partial charge in [0.2, 0.25) is 0 Å². The average Bonchev–Trinajstić information content (AvgIpc) is 3.44. The van der Waals surface area contributed by atoms with E-state index in [1.54, 1.807) is 6.20 Å². The molecule has 1 aliphatic rings. The maximum Gasteiger partial charge on any atom is 0.174 e. The number of rotatable bonds is 7. The van der Waals surface area contributed by atoms with Crippen molar-refractivity contribution in [3.05, 3.63) is 108 Å². The summed E-state index contributed by atoms with van der Waals surface area (Å²) in [5.74, 6) is 0.842.